The molecule has 7 heteroatoms. The standard InChI is InChI=1S/C35H37BrCl2N2OSi/c1-23-17-18-35(19-28-27(22-41-35)32(37)33(34(38)39-28)42(2,3)4)30-26(23)15-16-29(31(30)36)40(20-24-11-7-5-8-12-24)21-25-13-9-6-10-14-25/h5-16,23H,17-22H2,1-4H3/t23-,35-/m0/s1. The van der Waals surface area contributed by atoms with Gasteiger partial charge in [0.2, 0.25) is 0 Å². The Morgan fingerprint density at radius 1 is 0.952 bits per heavy atom. The van der Waals surface area contributed by atoms with Gasteiger partial charge in [0.1, 0.15) is 10.8 Å². The molecule has 0 saturated carbocycles. The number of aromatic nitrogens is 1. The Morgan fingerprint density at radius 3 is 2.17 bits per heavy atom. The zero-order valence-corrected chi connectivity index (χ0v) is 28.8. The van der Waals surface area contributed by atoms with Gasteiger partial charge in [-0.25, -0.2) is 4.98 Å². The summed E-state index contributed by atoms with van der Waals surface area (Å²) in [7, 11) is -1.79. The van der Waals surface area contributed by atoms with Gasteiger partial charge in [-0.05, 0) is 62.6 Å². The van der Waals surface area contributed by atoms with E-state index < -0.39 is 13.7 Å². The van der Waals surface area contributed by atoms with Crippen molar-refractivity contribution in [1.29, 1.82) is 0 Å². The predicted molar refractivity (Wildman–Crippen MR) is 182 cm³/mol. The maximum atomic E-state index is 7.03. The smallest absolute Gasteiger partial charge is 0.130 e. The highest BCUT2D eigenvalue weighted by Gasteiger charge is 2.46. The number of benzene rings is 3. The Hall–Kier alpha value is -2.15. The maximum Gasteiger partial charge on any atom is 0.130 e. The summed E-state index contributed by atoms with van der Waals surface area (Å²) in [6, 6.07) is 26.0. The van der Waals surface area contributed by atoms with Crippen molar-refractivity contribution in [2.24, 2.45) is 0 Å². The van der Waals surface area contributed by atoms with Gasteiger partial charge in [-0.2, -0.15) is 0 Å². The van der Waals surface area contributed by atoms with Crippen molar-refractivity contribution in [3.63, 3.8) is 0 Å². The third kappa shape index (κ3) is 5.59. The first kappa shape index (κ1) is 29.9. The molecule has 1 spiro atoms. The zero-order valence-electron chi connectivity index (χ0n) is 24.7. The Kier molecular flexibility index (Phi) is 8.36. The Labute approximate surface area is 269 Å². The summed E-state index contributed by atoms with van der Waals surface area (Å²) in [6.07, 6.45) is 2.64. The van der Waals surface area contributed by atoms with Crippen molar-refractivity contribution in [2.75, 3.05) is 4.90 Å². The van der Waals surface area contributed by atoms with Crippen LogP contribution in [0.15, 0.2) is 77.3 Å². The number of ether oxygens (including phenoxy) is 1. The molecular weight excluding hydrogens is 643 g/mol. The second-order valence-corrected chi connectivity index (χ2v) is 19.4. The van der Waals surface area contributed by atoms with E-state index in [-0.39, 0.29) is 0 Å². The molecule has 1 aliphatic heterocycles. The minimum Gasteiger partial charge on any atom is -0.365 e. The first-order valence-electron chi connectivity index (χ1n) is 14.7. The van der Waals surface area contributed by atoms with Crippen LogP contribution in [-0.2, 0) is 36.5 Å². The van der Waals surface area contributed by atoms with Crippen LogP contribution in [0.5, 0.6) is 0 Å². The highest BCUT2D eigenvalue weighted by Crippen LogP contribution is 2.53. The number of hydrogen-bond acceptors (Lipinski definition) is 3. The number of rotatable bonds is 6. The summed E-state index contributed by atoms with van der Waals surface area (Å²) < 4.78 is 8.06. The number of halogens is 3. The molecule has 0 fully saturated rings. The van der Waals surface area contributed by atoms with E-state index in [0.29, 0.717) is 24.1 Å². The van der Waals surface area contributed by atoms with Crippen molar-refractivity contribution in [2.45, 2.75) is 77.0 Å². The summed E-state index contributed by atoms with van der Waals surface area (Å²) in [5, 5.41) is 2.35. The van der Waals surface area contributed by atoms with Crippen molar-refractivity contribution in [3.8, 4) is 0 Å². The van der Waals surface area contributed by atoms with Crippen LogP contribution in [0.4, 0.5) is 5.69 Å². The second kappa shape index (κ2) is 11.7. The van der Waals surface area contributed by atoms with Gasteiger partial charge in [-0.1, -0.05) is 116 Å². The van der Waals surface area contributed by atoms with Crippen LogP contribution in [0.3, 0.4) is 0 Å². The average molecular weight is 681 g/mol. The lowest BCUT2D eigenvalue weighted by atomic mass is 9.71. The molecule has 0 N–H and O–H groups in total. The molecule has 0 amide bonds. The van der Waals surface area contributed by atoms with E-state index in [1.165, 1.54) is 27.9 Å². The quantitative estimate of drug-likeness (QED) is 0.150. The molecule has 4 aromatic rings. The van der Waals surface area contributed by atoms with Gasteiger partial charge in [0, 0.05) is 35.1 Å². The molecule has 2 heterocycles. The summed E-state index contributed by atoms with van der Waals surface area (Å²) >= 11 is 18.0. The van der Waals surface area contributed by atoms with Gasteiger partial charge >= 0.3 is 0 Å². The fraction of sp³-hybridized carbons (Fsp3) is 0.343. The Balaban J connectivity index is 1.45. The lowest BCUT2D eigenvalue weighted by Gasteiger charge is -2.45. The largest absolute Gasteiger partial charge is 0.365 e. The van der Waals surface area contributed by atoms with E-state index in [9.17, 15) is 0 Å². The summed E-state index contributed by atoms with van der Waals surface area (Å²) in [5.41, 5.74) is 7.80. The van der Waals surface area contributed by atoms with Crippen LogP contribution in [0.1, 0.15) is 59.2 Å². The van der Waals surface area contributed by atoms with Gasteiger partial charge < -0.3 is 9.64 Å². The Bertz CT molecular complexity index is 1570. The van der Waals surface area contributed by atoms with E-state index in [1.807, 2.05) is 0 Å². The Morgan fingerprint density at radius 2 is 1.57 bits per heavy atom. The molecular formula is C35H37BrCl2N2OSi. The number of fused-ring (bicyclic) bond motifs is 3. The van der Waals surface area contributed by atoms with Crippen LogP contribution < -0.4 is 10.1 Å². The van der Waals surface area contributed by atoms with Crippen LogP contribution in [-0.4, -0.2) is 13.1 Å². The van der Waals surface area contributed by atoms with Gasteiger partial charge in [0.05, 0.1) is 31.1 Å². The first-order chi connectivity index (χ1) is 20.1. The van der Waals surface area contributed by atoms with Crippen molar-refractivity contribution >= 4 is 58.1 Å². The average Bonchev–Trinajstić information content (AvgIpc) is 2.95. The third-order valence-corrected chi connectivity index (χ3v) is 12.7. The van der Waals surface area contributed by atoms with Crippen molar-refractivity contribution in [1.82, 2.24) is 4.98 Å². The van der Waals surface area contributed by atoms with Crippen LogP contribution in [0, 0.1) is 0 Å². The lowest BCUT2D eigenvalue weighted by molar-refractivity contribution is -0.0874. The van der Waals surface area contributed by atoms with Crippen LogP contribution in [0.2, 0.25) is 29.8 Å². The number of hydrogen-bond donors (Lipinski definition) is 0. The topological polar surface area (TPSA) is 25.4 Å². The SMILES string of the molecule is C[C@H]1CC[C@]2(Cc3nc(Cl)c([Si](C)(C)C)c(Cl)c3CO2)c2c1ccc(N(Cc1ccccc1)Cc1ccccc1)c2Br. The number of anilines is 1. The normalized spacial score (nSPS) is 19.8. The lowest BCUT2D eigenvalue weighted by Crippen LogP contribution is -2.44. The molecule has 3 nitrogen and oxygen atoms in total. The molecule has 1 aromatic heterocycles. The molecule has 2 aliphatic rings. The molecule has 42 heavy (non-hydrogen) atoms. The minimum absolute atomic E-state index is 0.437. The fourth-order valence-electron chi connectivity index (χ4n) is 6.66. The van der Waals surface area contributed by atoms with Gasteiger partial charge in [-0.3, -0.25) is 0 Å². The van der Waals surface area contributed by atoms with Gasteiger partial charge in [0.15, 0.2) is 0 Å². The zero-order chi connectivity index (χ0) is 29.6. The van der Waals surface area contributed by atoms with Crippen molar-refractivity contribution in [3.05, 3.63) is 121 Å². The van der Waals surface area contributed by atoms with Crippen LogP contribution >= 0.6 is 39.1 Å². The molecule has 0 saturated heterocycles. The molecule has 0 bridgehead atoms. The molecule has 2 atom stereocenters. The second-order valence-electron chi connectivity index (χ2n) is 12.9. The molecule has 0 radical (unpaired) electrons. The minimum atomic E-state index is -1.79. The van der Waals surface area contributed by atoms with E-state index in [0.717, 1.165) is 51.9 Å². The van der Waals surface area contributed by atoms with E-state index in [2.05, 4.69) is 120 Å². The maximum absolute atomic E-state index is 7.03. The fourth-order valence-corrected chi connectivity index (χ4v) is 11.3. The first-order valence-corrected chi connectivity index (χ1v) is 19.8. The monoisotopic (exact) mass is 678 g/mol. The summed E-state index contributed by atoms with van der Waals surface area (Å²) in [6.45, 7) is 11.1. The summed E-state index contributed by atoms with van der Waals surface area (Å²) in [5.74, 6) is 0.437. The highest BCUT2D eigenvalue weighted by atomic mass is 79.9. The molecule has 1 aliphatic carbocycles. The van der Waals surface area contributed by atoms with E-state index in [4.69, 9.17) is 32.9 Å². The van der Waals surface area contributed by atoms with E-state index >= 15 is 0 Å². The molecule has 0 unspecified atom stereocenters. The van der Waals surface area contributed by atoms with Gasteiger partial charge in [-0.15, -0.1) is 0 Å². The molecule has 3 aromatic carbocycles. The van der Waals surface area contributed by atoms with E-state index in [1.54, 1.807) is 0 Å². The predicted octanol–water partition coefficient (Wildman–Crippen LogP) is 9.77. The highest BCUT2D eigenvalue weighted by molar-refractivity contribution is 9.10. The van der Waals surface area contributed by atoms with Gasteiger partial charge in [0.25, 0.3) is 0 Å². The van der Waals surface area contributed by atoms with Crippen molar-refractivity contribution < 1.29 is 4.74 Å². The van der Waals surface area contributed by atoms with Crippen LogP contribution in [0.25, 0.3) is 0 Å². The number of pyridine rings is 1. The summed E-state index contributed by atoms with van der Waals surface area (Å²) in [4.78, 5) is 7.45. The third-order valence-electron chi connectivity index (χ3n) is 8.86. The molecule has 218 valence electrons. The number of nitrogens with zero attached hydrogens (tertiary/aromatic N) is 2. The molecule has 6 rings (SSSR count).